The van der Waals surface area contributed by atoms with Crippen molar-refractivity contribution in [1.82, 2.24) is 14.8 Å². The van der Waals surface area contributed by atoms with E-state index in [1.54, 1.807) is 31.4 Å². The van der Waals surface area contributed by atoms with E-state index < -0.39 is 35.9 Å². The highest BCUT2D eigenvalue weighted by Crippen LogP contribution is 2.46. The van der Waals surface area contributed by atoms with Crippen molar-refractivity contribution in [3.63, 3.8) is 0 Å². The minimum absolute atomic E-state index is 0.149. The average Bonchev–Trinajstić information content (AvgIpc) is 3.68. The first-order valence-electron chi connectivity index (χ1n) is 13.5. The summed E-state index contributed by atoms with van der Waals surface area (Å²) in [5, 5.41) is 13.2. The number of nitrogens with zero attached hydrogens (tertiary/aromatic N) is 3. The van der Waals surface area contributed by atoms with Crippen molar-refractivity contribution in [1.29, 1.82) is 0 Å². The van der Waals surface area contributed by atoms with Crippen molar-refractivity contribution in [3.05, 3.63) is 77.6 Å². The van der Waals surface area contributed by atoms with Gasteiger partial charge >= 0.3 is 12.2 Å². The minimum atomic E-state index is -3.84. The van der Waals surface area contributed by atoms with E-state index in [4.69, 9.17) is 4.42 Å². The van der Waals surface area contributed by atoms with Gasteiger partial charge in [0.15, 0.2) is 29.4 Å². The van der Waals surface area contributed by atoms with Crippen LogP contribution in [0.25, 0.3) is 39.4 Å². The fourth-order valence-electron chi connectivity index (χ4n) is 5.34. The van der Waals surface area contributed by atoms with E-state index >= 15 is 4.39 Å². The standard InChI is InChI=1S/C31H24F5N3O5S/c1-15-37-28(17-5-7-24-25(10-17)44-31(35,36)43-24)29(42-15)20-8-16(18-9-22(32)21(13-40)26(11-18)45-3)4-6-19(20)23-12-27(38-39(23)2)30(33,34)14-41/h4-12,14,21,26,40H,13H2,1-3H3. The molecule has 2 atom stereocenters. The van der Waals surface area contributed by atoms with Crippen LogP contribution >= 0.6 is 11.8 Å². The smallest absolute Gasteiger partial charge is 0.440 e. The van der Waals surface area contributed by atoms with Crippen molar-refractivity contribution < 1.29 is 45.7 Å². The molecule has 8 nitrogen and oxygen atoms in total. The SMILES string of the molecule is CSC1C=C(c2ccc(-c3cc(C(F)(F)C=O)nn3C)c(-c3oc(C)nc3-c3ccc4c(c3)OC(F)(F)O4)c2)C=C(F)C1CO. The van der Waals surface area contributed by atoms with E-state index in [1.165, 1.54) is 47.8 Å². The number of aldehydes is 1. The lowest BCUT2D eigenvalue weighted by atomic mass is 9.89. The summed E-state index contributed by atoms with van der Waals surface area (Å²) in [7, 11) is 1.43. The number of halogens is 5. The van der Waals surface area contributed by atoms with Gasteiger partial charge in [0.2, 0.25) is 0 Å². The zero-order valence-corrected chi connectivity index (χ0v) is 24.7. The molecule has 2 aromatic heterocycles. The number of oxazole rings is 1. The number of rotatable bonds is 8. The minimum Gasteiger partial charge on any atom is -0.440 e. The van der Waals surface area contributed by atoms with Crippen molar-refractivity contribution in [2.75, 3.05) is 12.9 Å². The summed E-state index contributed by atoms with van der Waals surface area (Å²) in [6.45, 7) is 1.20. The number of allylic oxidation sites excluding steroid dienone is 2. The van der Waals surface area contributed by atoms with Gasteiger partial charge in [0.05, 0.1) is 12.3 Å². The fraction of sp³-hybridized carbons (Fsp3) is 0.258. The number of thioether (sulfide) groups is 1. The maximum atomic E-state index is 15.1. The molecule has 4 aromatic rings. The Morgan fingerprint density at radius 3 is 2.53 bits per heavy atom. The molecule has 0 spiro atoms. The van der Waals surface area contributed by atoms with Gasteiger partial charge in [-0.15, -0.1) is 8.78 Å². The van der Waals surface area contributed by atoms with E-state index in [1.807, 2.05) is 6.08 Å². The summed E-state index contributed by atoms with van der Waals surface area (Å²) in [6, 6.07) is 10.1. The van der Waals surface area contributed by atoms with E-state index in [2.05, 4.69) is 19.6 Å². The highest BCUT2D eigenvalue weighted by molar-refractivity contribution is 7.99. The van der Waals surface area contributed by atoms with Gasteiger partial charge in [-0.05, 0) is 53.8 Å². The molecule has 0 bridgehead atoms. The van der Waals surface area contributed by atoms with Crippen LogP contribution in [-0.2, 0) is 17.8 Å². The first kappa shape index (κ1) is 30.6. The van der Waals surface area contributed by atoms with Crippen LogP contribution in [0.3, 0.4) is 0 Å². The Morgan fingerprint density at radius 1 is 1.09 bits per heavy atom. The lowest BCUT2D eigenvalue weighted by Gasteiger charge is -2.25. The van der Waals surface area contributed by atoms with Gasteiger partial charge in [0.25, 0.3) is 0 Å². The Bertz CT molecular complexity index is 1880. The summed E-state index contributed by atoms with van der Waals surface area (Å²) in [5.74, 6) is -5.10. The van der Waals surface area contributed by atoms with Crippen molar-refractivity contribution >= 4 is 23.6 Å². The molecule has 3 heterocycles. The molecule has 1 N–H and O–H groups in total. The molecule has 0 saturated heterocycles. The zero-order valence-electron chi connectivity index (χ0n) is 23.9. The summed E-state index contributed by atoms with van der Waals surface area (Å²) < 4.78 is 87.6. The number of carbonyl (C=O) groups is 1. The van der Waals surface area contributed by atoms with Gasteiger partial charge < -0.3 is 19.0 Å². The number of ether oxygens (including phenoxy) is 2. The first-order valence-corrected chi connectivity index (χ1v) is 14.8. The van der Waals surface area contributed by atoms with E-state index in [9.17, 15) is 27.5 Å². The molecule has 0 amide bonds. The molecule has 1 aliphatic carbocycles. The lowest BCUT2D eigenvalue weighted by molar-refractivity contribution is -0.286. The molecule has 2 aromatic carbocycles. The second-order valence-electron chi connectivity index (χ2n) is 10.4. The topological polar surface area (TPSA) is 99.6 Å². The highest BCUT2D eigenvalue weighted by atomic mass is 32.2. The van der Waals surface area contributed by atoms with Crippen molar-refractivity contribution in [2.45, 2.75) is 24.4 Å². The quantitative estimate of drug-likeness (QED) is 0.163. The van der Waals surface area contributed by atoms with Gasteiger partial charge in [-0.2, -0.15) is 25.6 Å². The molecule has 6 rings (SSSR count). The number of aliphatic hydroxyl groups is 1. The largest absolute Gasteiger partial charge is 0.586 e. The molecule has 0 fully saturated rings. The molecule has 234 valence electrons. The molecule has 14 heteroatoms. The van der Waals surface area contributed by atoms with Crippen molar-refractivity contribution in [3.8, 4) is 45.3 Å². The van der Waals surface area contributed by atoms with Crippen LogP contribution in [0.2, 0.25) is 0 Å². The summed E-state index contributed by atoms with van der Waals surface area (Å²) in [4.78, 5) is 15.6. The molecule has 1 aliphatic heterocycles. The maximum Gasteiger partial charge on any atom is 0.586 e. The number of hydrogen-bond acceptors (Lipinski definition) is 8. The van der Waals surface area contributed by atoms with Crippen LogP contribution in [0.4, 0.5) is 22.0 Å². The van der Waals surface area contributed by atoms with Crippen LogP contribution in [0, 0.1) is 12.8 Å². The van der Waals surface area contributed by atoms with Crippen LogP contribution in [0.5, 0.6) is 11.5 Å². The van der Waals surface area contributed by atoms with E-state index in [-0.39, 0.29) is 46.4 Å². The Balaban J connectivity index is 1.55. The monoisotopic (exact) mass is 645 g/mol. The second kappa shape index (κ2) is 11.2. The Hall–Kier alpha value is -4.43. The molecule has 2 unspecified atom stereocenters. The van der Waals surface area contributed by atoms with E-state index in [0.717, 1.165) is 6.07 Å². The van der Waals surface area contributed by atoms with Gasteiger partial charge in [-0.25, -0.2) is 9.37 Å². The third kappa shape index (κ3) is 5.52. The lowest BCUT2D eigenvalue weighted by Crippen LogP contribution is -2.25. The normalized spacial score (nSPS) is 19.0. The highest BCUT2D eigenvalue weighted by Gasteiger charge is 2.43. The molecular weight excluding hydrogens is 621 g/mol. The van der Waals surface area contributed by atoms with Crippen molar-refractivity contribution in [2.24, 2.45) is 13.0 Å². The first-order chi connectivity index (χ1) is 21.3. The molecule has 45 heavy (non-hydrogen) atoms. The van der Waals surface area contributed by atoms with E-state index in [0.29, 0.717) is 27.8 Å². The second-order valence-corrected chi connectivity index (χ2v) is 11.4. The van der Waals surface area contributed by atoms with Gasteiger partial charge in [0.1, 0.15) is 17.2 Å². The third-order valence-corrected chi connectivity index (χ3v) is 8.52. The Kier molecular flexibility index (Phi) is 7.60. The predicted octanol–water partition coefficient (Wildman–Crippen LogP) is 6.92. The molecule has 0 saturated carbocycles. The molecular formula is C31H24F5N3O5S. The van der Waals surface area contributed by atoms with Crippen LogP contribution in [0.1, 0.15) is 17.1 Å². The number of aromatic nitrogens is 3. The van der Waals surface area contributed by atoms with Crippen LogP contribution < -0.4 is 9.47 Å². The average molecular weight is 646 g/mol. The summed E-state index contributed by atoms with van der Waals surface area (Å²) in [6.07, 6.45) is 0.609. The number of carbonyl (C=O) groups excluding carboxylic acids is 1. The van der Waals surface area contributed by atoms with Crippen LogP contribution in [0.15, 0.2) is 64.9 Å². The zero-order chi connectivity index (χ0) is 32.3. The number of hydrogen-bond donors (Lipinski definition) is 1. The Labute approximate surface area is 257 Å². The molecule has 0 radical (unpaired) electrons. The number of aliphatic hydroxyl groups excluding tert-OH is 1. The Morgan fingerprint density at radius 2 is 1.82 bits per heavy atom. The summed E-state index contributed by atoms with van der Waals surface area (Å²) >= 11 is 1.37. The maximum absolute atomic E-state index is 15.1. The summed E-state index contributed by atoms with van der Waals surface area (Å²) in [5.41, 5.74) is 1.68. The van der Waals surface area contributed by atoms with Gasteiger partial charge in [-0.1, -0.05) is 18.2 Å². The van der Waals surface area contributed by atoms with Gasteiger partial charge in [-0.3, -0.25) is 9.48 Å². The number of alkyl halides is 4. The van der Waals surface area contributed by atoms with Gasteiger partial charge in [0, 0.05) is 41.8 Å². The van der Waals surface area contributed by atoms with Crippen LogP contribution in [-0.4, -0.2) is 50.6 Å². The fourth-order valence-corrected chi connectivity index (χ4v) is 6.16. The number of aryl methyl sites for hydroxylation is 2. The third-order valence-electron chi connectivity index (χ3n) is 7.51. The number of fused-ring (bicyclic) bond motifs is 1. The molecule has 2 aliphatic rings. The predicted molar refractivity (Wildman–Crippen MR) is 156 cm³/mol. The number of benzene rings is 2.